The topological polar surface area (TPSA) is 58.1 Å². The van der Waals surface area contributed by atoms with Crippen LogP contribution in [-0.4, -0.2) is 21.7 Å². The predicted octanol–water partition coefficient (Wildman–Crippen LogP) is 4.57. The molecule has 1 saturated carbocycles. The van der Waals surface area contributed by atoms with E-state index in [0.29, 0.717) is 12.2 Å². The molecule has 2 atom stereocenters. The summed E-state index contributed by atoms with van der Waals surface area (Å²) in [4.78, 5) is 17.9. The number of fused-ring (bicyclic) bond motifs is 2. The lowest BCUT2D eigenvalue weighted by atomic mass is 9.57. The van der Waals surface area contributed by atoms with Crippen molar-refractivity contribution in [3.05, 3.63) is 46.1 Å². The maximum atomic E-state index is 13.1. The van der Waals surface area contributed by atoms with E-state index in [1.165, 1.54) is 0 Å². The minimum absolute atomic E-state index is 0.0466. The number of hydrogen-bond donors (Lipinski definition) is 1. The van der Waals surface area contributed by atoms with Crippen LogP contribution in [0.5, 0.6) is 0 Å². The number of Topliss-reactive ketones (excluding diaryl/α,β-unsaturated/α-hetero) is 1. The lowest BCUT2D eigenvalue weighted by Gasteiger charge is -2.46. The molecule has 2 heterocycles. The summed E-state index contributed by atoms with van der Waals surface area (Å²) in [6.45, 7) is 6.43. The Balaban J connectivity index is 2.00. The number of aliphatic imine (C=N–C) groups is 1. The fourth-order valence-corrected chi connectivity index (χ4v) is 5.08. The molecule has 1 N–H and O–H groups in total. The van der Waals surface area contributed by atoms with Gasteiger partial charge in [-0.3, -0.25) is 9.89 Å². The summed E-state index contributed by atoms with van der Waals surface area (Å²) in [6.07, 6.45) is 1.42. The summed E-state index contributed by atoms with van der Waals surface area (Å²) in [6, 6.07) is 10.2. The van der Waals surface area contributed by atoms with Gasteiger partial charge in [-0.25, -0.2) is 4.99 Å². The Bertz CT molecular complexity index is 853. The zero-order valence-corrected chi connectivity index (χ0v) is 15.6. The Morgan fingerprint density at radius 2 is 1.88 bits per heavy atom. The minimum atomic E-state index is -0.465. The van der Waals surface area contributed by atoms with E-state index in [2.05, 4.69) is 59.0 Å². The van der Waals surface area contributed by atoms with Crippen molar-refractivity contribution in [2.45, 2.75) is 39.0 Å². The number of halogens is 1. The van der Waals surface area contributed by atoms with E-state index >= 15 is 0 Å². The number of aromatic nitrogens is 2. The molecule has 4 rings (SSSR count). The fourth-order valence-electron chi connectivity index (χ4n) is 4.40. The van der Waals surface area contributed by atoms with Crippen LogP contribution < -0.4 is 0 Å². The molecule has 24 heavy (non-hydrogen) atoms. The van der Waals surface area contributed by atoms with Crippen molar-refractivity contribution in [1.82, 2.24) is 10.2 Å². The molecule has 2 aliphatic rings. The summed E-state index contributed by atoms with van der Waals surface area (Å²) < 4.78 is 0.810. The summed E-state index contributed by atoms with van der Waals surface area (Å²) in [5.74, 6) is 0.745. The van der Waals surface area contributed by atoms with Gasteiger partial charge in [0.15, 0.2) is 5.82 Å². The average molecular weight is 386 g/mol. The van der Waals surface area contributed by atoms with Crippen molar-refractivity contribution in [2.24, 2.45) is 16.3 Å². The molecule has 4 nitrogen and oxygen atoms in total. The predicted molar refractivity (Wildman–Crippen MR) is 97.8 cm³/mol. The van der Waals surface area contributed by atoms with Crippen molar-refractivity contribution in [3.8, 4) is 0 Å². The molecule has 1 aromatic heterocycles. The van der Waals surface area contributed by atoms with Crippen LogP contribution >= 0.6 is 15.9 Å². The molecule has 5 heteroatoms. The number of hydrogen-bond acceptors (Lipinski definition) is 3. The van der Waals surface area contributed by atoms with Gasteiger partial charge in [0.1, 0.15) is 10.4 Å². The summed E-state index contributed by atoms with van der Waals surface area (Å²) in [7, 11) is 0. The number of nitrogens with one attached hydrogen (secondary N) is 1. The van der Waals surface area contributed by atoms with Crippen molar-refractivity contribution in [3.63, 3.8) is 0 Å². The van der Waals surface area contributed by atoms with Gasteiger partial charge in [-0.15, -0.1) is 0 Å². The first kappa shape index (κ1) is 15.8. The van der Waals surface area contributed by atoms with E-state index < -0.39 is 5.41 Å². The van der Waals surface area contributed by atoms with Gasteiger partial charge in [0.2, 0.25) is 0 Å². The van der Waals surface area contributed by atoms with E-state index in [4.69, 9.17) is 4.99 Å². The number of H-pyrrole nitrogens is 1. The van der Waals surface area contributed by atoms with Gasteiger partial charge in [0, 0.05) is 23.1 Å². The zero-order valence-electron chi connectivity index (χ0n) is 14.1. The molecule has 0 bridgehead atoms. The monoisotopic (exact) mass is 385 g/mol. The van der Waals surface area contributed by atoms with Gasteiger partial charge in [0.05, 0.1) is 5.92 Å². The van der Waals surface area contributed by atoms with Crippen molar-refractivity contribution >= 4 is 33.2 Å². The lowest BCUT2D eigenvalue weighted by Crippen LogP contribution is -2.50. The molecule has 124 valence electrons. The first-order valence-electron chi connectivity index (χ1n) is 8.23. The third-order valence-corrected chi connectivity index (χ3v) is 5.96. The number of carbonyl (C=O) groups is 1. The van der Waals surface area contributed by atoms with E-state index in [1.807, 2.05) is 18.2 Å². The molecule has 2 aromatic rings. The normalized spacial score (nSPS) is 28.1. The first-order chi connectivity index (χ1) is 11.3. The van der Waals surface area contributed by atoms with Crippen LogP contribution in [0.2, 0.25) is 0 Å². The fraction of sp³-hybridized carbons (Fsp3) is 0.421. The van der Waals surface area contributed by atoms with E-state index in [0.717, 1.165) is 27.9 Å². The van der Waals surface area contributed by atoms with Crippen LogP contribution in [0.25, 0.3) is 0 Å². The number of nitrogens with zero attached hydrogens (tertiary/aromatic N) is 2. The summed E-state index contributed by atoms with van der Waals surface area (Å²) in [5.41, 5.74) is 2.56. The second-order valence-electron chi connectivity index (χ2n) is 7.82. The van der Waals surface area contributed by atoms with Gasteiger partial charge < -0.3 is 0 Å². The minimum Gasteiger partial charge on any atom is -0.299 e. The molecule has 0 radical (unpaired) electrons. The highest BCUT2D eigenvalue weighted by Crippen LogP contribution is 2.53. The highest BCUT2D eigenvalue weighted by Gasteiger charge is 2.53. The molecule has 2 unspecified atom stereocenters. The number of benzene rings is 1. The largest absolute Gasteiger partial charge is 0.299 e. The quantitative estimate of drug-likeness (QED) is 0.781. The molecule has 1 fully saturated rings. The number of rotatable bonds is 1. The van der Waals surface area contributed by atoms with Gasteiger partial charge in [-0.2, -0.15) is 5.10 Å². The maximum Gasteiger partial charge on any atom is 0.178 e. The van der Waals surface area contributed by atoms with Crippen LogP contribution in [0, 0.1) is 11.3 Å². The smallest absolute Gasteiger partial charge is 0.178 e. The zero-order chi connectivity index (χ0) is 17.1. The first-order valence-corrected chi connectivity index (χ1v) is 9.02. The van der Waals surface area contributed by atoms with Crippen LogP contribution in [0.4, 0.5) is 5.82 Å². The number of ketones is 1. The van der Waals surface area contributed by atoms with Crippen LogP contribution in [0.15, 0.2) is 39.9 Å². The van der Waals surface area contributed by atoms with Crippen molar-refractivity contribution in [1.29, 1.82) is 0 Å². The summed E-state index contributed by atoms with van der Waals surface area (Å²) >= 11 is 3.59. The van der Waals surface area contributed by atoms with Crippen molar-refractivity contribution < 1.29 is 4.79 Å². The third-order valence-electron chi connectivity index (χ3n) is 5.39. The molecule has 1 aliphatic carbocycles. The highest BCUT2D eigenvalue weighted by molar-refractivity contribution is 9.10. The molecule has 0 saturated heterocycles. The Hall–Kier alpha value is -1.75. The number of carbonyl (C=O) groups excluding carboxylic acids is 1. The Morgan fingerprint density at radius 3 is 2.58 bits per heavy atom. The molecular formula is C19H20BrN3O. The Kier molecular flexibility index (Phi) is 3.36. The maximum absolute atomic E-state index is 13.1. The SMILES string of the molecule is CC1(C)CC(=O)C2C(=Nc3n[nH]c(Br)c3C2(C)c2ccccc2)C1. The molecule has 1 aliphatic heterocycles. The van der Waals surface area contributed by atoms with E-state index in [1.54, 1.807) is 0 Å². The van der Waals surface area contributed by atoms with Crippen molar-refractivity contribution in [2.75, 3.05) is 0 Å². The molecular weight excluding hydrogens is 366 g/mol. The number of aromatic amines is 1. The Labute approximate surface area is 149 Å². The lowest BCUT2D eigenvalue weighted by molar-refractivity contribution is -0.125. The van der Waals surface area contributed by atoms with Gasteiger partial charge in [0.25, 0.3) is 0 Å². The standard InChI is InChI=1S/C19H20BrN3O/c1-18(2)9-12-14(13(24)10-18)19(3,11-7-5-4-6-8-11)15-16(20)22-23-17(15)21-12/h4-8,14H,9-10H2,1-3H3,(H,22,23). The van der Waals surface area contributed by atoms with Crippen LogP contribution in [0.1, 0.15) is 44.7 Å². The second-order valence-corrected chi connectivity index (χ2v) is 8.62. The summed E-state index contributed by atoms with van der Waals surface area (Å²) in [5, 5.41) is 7.37. The molecule has 1 aromatic carbocycles. The van der Waals surface area contributed by atoms with Gasteiger partial charge in [-0.1, -0.05) is 51.1 Å². The average Bonchev–Trinajstić information content (AvgIpc) is 2.88. The highest BCUT2D eigenvalue weighted by atomic mass is 79.9. The molecule has 0 spiro atoms. The Morgan fingerprint density at radius 1 is 1.17 bits per heavy atom. The second kappa shape index (κ2) is 5.12. The van der Waals surface area contributed by atoms with E-state index in [9.17, 15) is 4.79 Å². The van der Waals surface area contributed by atoms with E-state index in [-0.39, 0.29) is 17.1 Å². The molecule has 0 amide bonds. The van der Waals surface area contributed by atoms with Gasteiger partial charge >= 0.3 is 0 Å². The van der Waals surface area contributed by atoms with Crippen LogP contribution in [-0.2, 0) is 10.2 Å². The van der Waals surface area contributed by atoms with Crippen LogP contribution in [0.3, 0.4) is 0 Å². The third kappa shape index (κ3) is 2.14. The van der Waals surface area contributed by atoms with Gasteiger partial charge in [-0.05, 0) is 33.3 Å².